The molecule has 2 amide bonds. The number of aryl methyl sites for hydroxylation is 1. The molecule has 0 radical (unpaired) electrons. The van der Waals surface area contributed by atoms with Gasteiger partial charge in [-0.3, -0.25) is 14.4 Å². The molecule has 144 valence electrons. The highest BCUT2D eigenvalue weighted by molar-refractivity contribution is 7.99. The van der Waals surface area contributed by atoms with Crippen LogP contribution in [0, 0.1) is 18.7 Å². The third kappa shape index (κ3) is 3.18. The Morgan fingerprint density at radius 3 is 2.61 bits per heavy atom. The van der Waals surface area contributed by atoms with Gasteiger partial charge in [-0.1, -0.05) is 23.7 Å². The fourth-order valence-corrected chi connectivity index (χ4v) is 5.23. The Labute approximate surface area is 170 Å². The number of Topliss-reactive ketones (excluding diaryl/α,β-unsaturated/α-hetero) is 1. The lowest BCUT2D eigenvalue weighted by atomic mass is 10.0. The first-order valence-corrected chi connectivity index (χ1v) is 10.1. The quantitative estimate of drug-likeness (QED) is 0.774. The van der Waals surface area contributed by atoms with Gasteiger partial charge in [-0.05, 0) is 48.4 Å². The van der Waals surface area contributed by atoms with Crippen molar-refractivity contribution in [2.24, 2.45) is 5.92 Å². The number of thioether (sulfide) groups is 1. The highest BCUT2D eigenvalue weighted by Gasteiger charge is 2.56. The number of amides is 2. The number of carbonyl (C=O) groups is 3. The van der Waals surface area contributed by atoms with Gasteiger partial charge in [0.2, 0.25) is 11.8 Å². The van der Waals surface area contributed by atoms with Crippen molar-refractivity contribution in [2.75, 3.05) is 11.1 Å². The number of halogens is 2. The summed E-state index contributed by atoms with van der Waals surface area (Å²) in [6.07, 6.45) is 0. The number of rotatable bonds is 3. The van der Waals surface area contributed by atoms with Gasteiger partial charge in [-0.15, -0.1) is 11.8 Å². The van der Waals surface area contributed by atoms with Crippen molar-refractivity contribution in [1.82, 2.24) is 4.90 Å². The normalized spacial score (nSPS) is 23.8. The molecule has 2 aliphatic heterocycles. The van der Waals surface area contributed by atoms with E-state index in [1.165, 1.54) is 28.8 Å². The minimum atomic E-state index is -1.37. The van der Waals surface area contributed by atoms with Gasteiger partial charge in [-0.2, -0.15) is 0 Å². The highest BCUT2D eigenvalue weighted by atomic mass is 35.5. The molecule has 1 N–H and O–H groups in total. The number of ketones is 1. The average Bonchev–Trinajstić information content (AvgIpc) is 3.19. The molecule has 2 saturated heterocycles. The molecule has 0 aromatic heterocycles. The molecule has 4 rings (SSSR count). The second-order valence-corrected chi connectivity index (χ2v) is 8.33. The highest BCUT2D eigenvalue weighted by Crippen LogP contribution is 2.46. The maximum atomic E-state index is 13.2. The molecule has 2 fully saturated rings. The van der Waals surface area contributed by atoms with Crippen LogP contribution in [0.25, 0.3) is 0 Å². The molecule has 0 aliphatic carbocycles. The second-order valence-electron chi connectivity index (χ2n) is 6.78. The molecule has 2 aromatic carbocycles. The summed E-state index contributed by atoms with van der Waals surface area (Å²) in [5.74, 6) is -2.88. The van der Waals surface area contributed by atoms with E-state index in [9.17, 15) is 18.8 Å². The van der Waals surface area contributed by atoms with Crippen molar-refractivity contribution in [3.63, 3.8) is 0 Å². The molecular weight excluding hydrogens is 403 g/mol. The van der Waals surface area contributed by atoms with Gasteiger partial charge in [0.1, 0.15) is 17.2 Å². The van der Waals surface area contributed by atoms with Crippen molar-refractivity contribution in [3.05, 3.63) is 64.4 Å². The predicted molar refractivity (Wildman–Crippen MR) is 106 cm³/mol. The number of benzene rings is 2. The molecule has 2 aliphatic rings. The van der Waals surface area contributed by atoms with Gasteiger partial charge in [-0.25, -0.2) is 4.39 Å². The van der Waals surface area contributed by atoms with Crippen LogP contribution in [0.1, 0.15) is 16.5 Å². The number of hydrogen-bond acceptors (Lipinski definition) is 4. The number of hydrogen-bond donors (Lipinski definition) is 1. The molecule has 0 saturated carbocycles. The summed E-state index contributed by atoms with van der Waals surface area (Å²) in [4.78, 5) is 39.9. The summed E-state index contributed by atoms with van der Waals surface area (Å²) in [7, 11) is 0. The van der Waals surface area contributed by atoms with E-state index >= 15 is 0 Å². The van der Waals surface area contributed by atoms with Crippen LogP contribution in [0.2, 0.25) is 5.02 Å². The Hall–Kier alpha value is -2.38. The summed E-state index contributed by atoms with van der Waals surface area (Å²) in [5.41, 5.74) is 1.97. The van der Waals surface area contributed by atoms with Crippen molar-refractivity contribution in [3.8, 4) is 0 Å². The number of nitrogens with zero attached hydrogens (tertiary/aromatic N) is 1. The number of fused-ring (bicyclic) bond motifs is 1. The molecule has 8 heteroatoms. The first-order valence-electron chi connectivity index (χ1n) is 8.67. The molecule has 0 spiro atoms. The van der Waals surface area contributed by atoms with Crippen LogP contribution in [0.3, 0.4) is 0 Å². The van der Waals surface area contributed by atoms with Crippen LogP contribution >= 0.6 is 23.4 Å². The van der Waals surface area contributed by atoms with E-state index in [4.69, 9.17) is 11.6 Å². The van der Waals surface area contributed by atoms with Gasteiger partial charge < -0.3 is 10.2 Å². The second kappa shape index (κ2) is 7.22. The van der Waals surface area contributed by atoms with E-state index < -0.39 is 34.9 Å². The lowest BCUT2D eigenvalue weighted by Crippen LogP contribution is -2.35. The van der Waals surface area contributed by atoms with Crippen LogP contribution in [-0.2, 0) is 14.4 Å². The van der Waals surface area contributed by atoms with Crippen molar-refractivity contribution in [2.45, 2.75) is 18.3 Å². The van der Waals surface area contributed by atoms with Gasteiger partial charge in [0, 0.05) is 16.5 Å². The summed E-state index contributed by atoms with van der Waals surface area (Å²) in [6.45, 7) is 1.78. The van der Waals surface area contributed by atoms with Crippen LogP contribution < -0.4 is 5.32 Å². The molecule has 2 unspecified atom stereocenters. The van der Waals surface area contributed by atoms with E-state index in [-0.39, 0.29) is 5.82 Å². The van der Waals surface area contributed by atoms with Crippen molar-refractivity contribution < 1.29 is 18.8 Å². The van der Waals surface area contributed by atoms with Gasteiger partial charge in [0.15, 0.2) is 11.7 Å². The summed E-state index contributed by atoms with van der Waals surface area (Å²) < 4.78 is 13.2. The summed E-state index contributed by atoms with van der Waals surface area (Å²) in [5, 5.41) is 2.79. The van der Waals surface area contributed by atoms with E-state index in [2.05, 4.69) is 5.32 Å². The molecule has 2 aromatic rings. The first kappa shape index (κ1) is 19.0. The Balaban J connectivity index is 1.57. The van der Waals surface area contributed by atoms with E-state index in [0.29, 0.717) is 16.5 Å². The van der Waals surface area contributed by atoms with Gasteiger partial charge >= 0.3 is 0 Å². The van der Waals surface area contributed by atoms with Crippen LogP contribution in [0.4, 0.5) is 10.1 Å². The van der Waals surface area contributed by atoms with Gasteiger partial charge in [0.25, 0.3) is 0 Å². The van der Waals surface area contributed by atoms with Crippen LogP contribution in [-0.4, -0.2) is 34.3 Å². The van der Waals surface area contributed by atoms with E-state index in [1.807, 2.05) is 0 Å². The molecular formula is C20H16ClFN2O3S. The fraction of sp³-hybridized carbons (Fsp3) is 0.250. The van der Waals surface area contributed by atoms with Crippen molar-refractivity contribution in [1.29, 1.82) is 0 Å². The predicted octanol–water partition coefficient (Wildman–Crippen LogP) is 3.57. The van der Waals surface area contributed by atoms with Crippen molar-refractivity contribution >= 4 is 46.6 Å². The largest absolute Gasteiger partial charge is 0.325 e. The first-order chi connectivity index (χ1) is 13.4. The Kier molecular flexibility index (Phi) is 4.89. The zero-order valence-corrected chi connectivity index (χ0v) is 16.4. The fourth-order valence-electron chi connectivity index (χ4n) is 3.56. The molecule has 0 bridgehead atoms. The SMILES string of the molecule is Cc1cc(Cl)ccc1NC(=O)C1C(=O)C2CS[C@@H](c3ccc(F)cc3)N2C1=O. The Morgan fingerprint density at radius 2 is 1.93 bits per heavy atom. The monoisotopic (exact) mass is 418 g/mol. The molecule has 3 atom stereocenters. The zero-order valence-electron chi connectivity index (χ0n) is 14.8. The lowest BCUT2D eigenvalue weighted by Gasteiger charge is -2.23. The number of anilines is 1. The van der Waals surface area contributed by atoms with E-state index in [0.717, 1.165) is 11.1 Å². The maximum absolute atomic E-state index is 13.2. The third-order valence-electron chi connectivity index (χ3n) is 4.98. The topological polar surface area (TPSA) is 66.5 Å². The van der Waals surface area contributed by atoms with E-state index in [1.54, 1.807) is 37.3 Å². The Morgan fingerprint density at radius 1 is 1.21 bits per heavy atom. The summed E-state index contributed by atoms with van der Waals surface area (Å²) in [6, 6.07) is 10.1. The van der Waals surface area contributed by atoms with Crippen LogP contribution in [0.5, 0.6) is 0 Å². The smallest absolute Gasteiger partial charge is 0.244 e. The Bertz CT molecular complexity index is 982. The molecule has 2 heterocycles. The average molecular weight is 419 g/mol. The maximum Gasteiger partial charge on any atom is 0.244 e. The minimum Gasteiger partial charge on any atom is -0.325 e. The zero-order chi connectivity index (χ0) is 20.0. The standard InChI is InChI=1S/C20H16ClFN2O3S/c1-10-8-12(21)4-7-14(10)23-18(26)16-17(25)15-9-28-20(24(15)19(16)27)11-2-5-13(22)6-3-11/h2-8,15-16,20H,9H2,1H3,(H,23,26)/t15?,16?,20-/m0/s1. The van der Waals surface area contributed by atoms with Crippen LogP contribution in [0.15, 0.2) is 42.5 Å². The lowest BCUT2D eigenvalue weighted by molar-refractivity contribution is -0.138. The van der Waals surface area contributed by atoms with Gasteiger partial charge in [0.05, 0.1) is 0 Å². The number of carbonyl (C=O) groups excluding carboxylic acids is 3. The third-order valence-corrected chi connectivity index (χ3v) is 6.54. The number of nitrogens with one attached hydrogen (secondary N) is 1. The molecule has 28 heavy (non-hydrogen) atoms. The molecule has 5 nitrogen and oxygen atoms in total. The summed E-state index contributed by atoms with van der Waals surface area (Å²) >= 11 is 7.36. The minimum absolute atomic E-state index is 0.372.